The third-order valence-electron chi connectivity index (χ3n) is 2.18. The van der Waals surface area contributed by atoms with Gasteiger partial charge in [0.05, 0.1) is 5.02 Å². The number of alkyl halides is 3. The van der Waals surface area contributed by atoms with Gasteiger partial charge in [0.2, 0.25) is 0 Å². The quantitative estimate of drug-likeness (QED) is 0.787. The van der Waals surface area contributed by atoms with E-state index in [9.17, 15) is 22.7 Å². The molecule has 1 aromatic heterocycles. The van der Waals surface area contributed by atoms with Gasteiger partial charge in [-0.05, 0) is 12.1 Å². The van der Waals surface area contributed by atoms with Gasteiger partial charge in [0.25, 0.3) is 5.76 Å². The van der Waals surface area contributed by atoms with Crippen molar-refractivity contribution >= 4 is 23.2 Å². The Bertz CT molecular complexity index is 639. The highest BCUT2D eigenvalue weighted by Crippen LogP contribution is 2.41. The van der Waals surface area contributed by atoms with Crippen molar-refractivity contribution in [1.29, 1.82) is 0 Å². The van der Waals surface area contributed by atoms with Gasteiger partial charge in [-0.15, -0.1) is 0 Å². The van der Waals surface area contributed by atoms with Gasteiger partial charge in [-0.1, -0.05) is 28.4 Å². The van der Waals surface area contributed by atoms with E-state index in [2.05, 4.69) is 9.68 Å². The molecule has 0 bridgehead atoms. The zero-order valence-corrected chi connectivity index (χ0v) is 10.2. The maximum Gasteiger partial charge on any atom is 0.453 e. The van der Waals surface area contributed by atoms with Gasteiger partial charge in [-0.25, -0.2) is 4.39 Å². The zero-order valence-electron chi connectivity index (χ0n) is 8.73. The average molecular weight is 316 g/mol. The van der Waals surface area contributed by atoms with Gasteiger partial charge in [0.1, 0.15) is 22.3 Å². The zero-order chi connectivity index (χ0) is 14.4. The SMILES string of the molecule is Oc1cc(-c2noc(C(F)(F)F)c2Cl)c(F)cc1Cl. The van der Waals surface area contributed by atoms with Crippen molar-refractivity contribution in [3.63, 3.8) is 0 Å². The first kappa shape index (κ1) is 14.0. The first-order valence-corrected chi connectivity index (χ1v) is 5.38. The Morgan fingerprint density at radius 2 is 1.84 bits per heavy atom. The smallest absolute Gasteiger partial charge is 0.453 e. The Kier molecular flexibility index (Phi) is 3.36. The predicted molar refractivity (Wildman–Crippen MR) is 58.6 cm³/mol. The largest absolute Gasteiger partial charge is 0.506 e. The molecule has 1 N–H and O–H groups in total. The lowest BCUT2D eigenvalue weighted by Crippen LogP contribution is -2.03. The van der Waals surface area contributed by atoms with Crippen molar-refractivity contribution in [2.24, 2.45) is 0 Å². The normalized spacial score (nSPS) is 11.9. The molecule has 102 valence electrons. The maximum absolute atomic E-state index is 13.6. The number of benzene rings is 1. The lowest BCUT2D eigenvalue weighted by Gasteiger charge is -2.03. The lowest BCUT2D eigenvalue weighted by molar-refractivity contribution is -0.155. The highest BCUT2D eigenvalue weighted by atomic mass is 35.5. The predicted octanol–water partition coefficient (Wildman–Crippen LogP) is 4.51. The molecule has 0 amide bonds. The summed E-state index contributed by atoms with van der Waals surface area (Å²) in [6, 6.07) is 1.53. The summed E-state index contributed by atoms with van der Waals surface area (Å²) in [5.41, 5.74) is -1.02. The van der Waals surface area contributed by atoms with E-state index in [1.807, 2.05) is 0 Å². The van der Waals surface area contributed by atoms with Crippen LogP contribution < -0.4 is 0 Å². The number of halogens is 6. The third-order valence-corrected chi connectivity index (χ3v) is 2.84. The molecule has 0 aliphatic carbocycles. The number of hydrogen-bond donors (Lipinski definition) is 1. The minimum absolute atomic E-state index is 0.295. The maximum atomic E-state index is 13.6. The first-order valence-electron chi connectivity index (χ1n) is 4.62. The van der Waals surface area contributed by atoms with E-state index < -0.39 is 39.8 Å². The Morgan fingerprint density at radius 3 is 2.37 bits per heavy atom. The molecule has 1 aromatic carbocycles. The molecule has 2 rings (SSSR count). The monoisotopic (exact) mass is 315 g/mol. The van der Waals surface area contributed by atoms with Crippen LogP contribution in [0.4, 0.5) is 17.6 Å². The van der Waals surface area contributed by atoms with Gasteiger partial charge >= 0.3 is 6.18 Å². The van der Waals surface area contributed by atoms with Crippen LogP contribution in [-0.4, -0.2) is 10.3 Å². The van der Waals surface area contributed by atoms with E-state index in [1.165, 1.54) is 0 Å². The van der Waals surface area contributed by atoms with Crippen LogP contribution >= 0.6 is 23.2 Å². The second-order valence-corrected chi connectivity index (χ2v) is 4.24. The first-order chi connectivity index (χ1) is 8.71. The van der Waals surface area contributed by atoms with Gasteiger partial charge in [-0.2, -0.15) is 13.2 Å². The number of aromatic hydroxyl groups is 1. The van der Waals surface area contributed by atoms with Crippen LogP contribution in [0.25, 0.3) is 11.3 Å². The standard InChI is InChI=1S/C10H3Cl2F4NO2/c11-4-2-5(13)3(1-6(4)18)8-7(12)9(19-17-8)10(14,15)16/h1-2,18H. The molecule has 3 nitrogen and oxygen atoms in total. The Balaban J connectivity index is 2.61. The van der Waals surface area contributed by atoms with Crippen LogP contribution in [0.5, 0.6) is 5.75 Å². The fourth-order valence-corrected chi connectivity index (χ4v) is 1.77. The fraction of sp³-hybridized carbons (Fsp3) is 0.100. The summed E-state index contributed by atoms with van der Waals surface area (Å²) in [7, 11) is 0. The van der Waals surface area contributed by atoms with Gasteiger partial charge < -0.3 is 9.63 Å². The van der Waals surface area contributed by atoms with Crippen molar-refractivity contribution in [3.05, 3.63) is 33.8 Å². The van der Waals surface area contributed by atoms with Crippen molar-refractivity contribution in [2.45, 2.75) is 6.18 Å². The molecule has 0 aliphatic heterocycles. The molecule has 0 atom stereocenters. The van der Waals surface area contributed by atoms with Crippen LogP contribution in [0.3, 0.4) is 0 Å². The van der Waals surface area contributed by atoms with Gasteiger partial charge in [0, 0.05) is 5.56 Å². The topological polar surface area (TPSA) is 46.3 Å². The van der Waals surface area contributed by atoms with E-state index in [0.29, 0.717) is 0 Å². The van der Waals surface area contributed by atoms with Crippen LogP contribution in [0, 0.1) is 5.82 Å². The van der Waals surface area contributed by atoms with E-state index >= 15 is 0 Å². The Hall–Kier alpha value is -1.47. The Morgan fingerprint density at radius 1 is 1.21 bits per heavy atom. The number of nitrogens with zero attached hydrogens (tertiary/aromatic N) is 1. The summed E-state index contributed by atoms with van der Waals surface area (Å²) in [5, 5.41) is 11.2. The lowest BCUT2D eigenvalue weighted by atomic mass is 10.1. The summed E-state index contributed by atoms with van der Waals surface area (Å²) in [4.78, 5) is 0. The molecule has 0 saturated carbocycles. The molecule has 0 spiro atoms. The fourth-order valence-electron chi connectivity index (χ4n) is 1.34. The van der Waals surface area contributed by atoms with Crippen molar-refractivity contribution in [3.8, 4) is 17.0 Å². The molecular weight excluding hydrogens is 313 g/mol. The molecule has 0 aliphatic rings. The van der Waals surface area contributed by atoms with Crippen LogP contribution in [0.2, 0.25) is 10.0 Å². The van der Waals surface area contributed by atoms with Gasteiger partial charge in [0.15, 0.2) is 0 Å². The molecule has 19 heavy (non-hydrogen) atoms. The van der Waals surface area contributed by atoms with Crippen LogP contribution in [0.15, 0.2) is 16.7 Å². The summed E-state index contributed by atoms with van der Waals surface area (Å²) < 4.78 is 55.0. The molecular formula is C10H3Cl2F4NO2. The molecule has 0 unspecified atom stereocenters. The molecule has 0 fully saturated rings. The second-order valence-electron chi connectivity index (χ2n) is 3.46. The highest BCUT2D eigenvalue weighted by molar-refractivity contribution is 6.34. The molecule has 2 aromatic rings. The van der Waals surface area contributed by atoms with Gasteiger partial charge in [-0.3, -0.25) is 0 Å². The molecule has 0 saturated heterocycles. The van der Waals surface area contributed by atoms with Crippen molar-refractivity contribution in [1.82, 2.24) is 5.16 Å². The minimum atomic E-state index is -4.85. The third kappa shape index (κ3) is 2.48. The van der Waals surface area contributed by atoms with E-state index in [1.54, 1.807) is 0 Å². The number of rotatable bonds is 1. The molecule has 1 heterocycles. The number of aromatic nitrogens is 1. The summed E-state index contributed by atoms with van der Waals surface area (Å²) in [6.45, 7) is 0. The summed E-state index contributed by atoms with van der Waals surface area (Å²) in [6.07, 6.45) is -4.85. The summed E-state index contributed by atoms with van der Waals surface area (Å²) >= 11 is 10.9. The van der Waals surface area contributed by atoms with Crippen LogP contribution in [0.1, 0.15) is 5.76 Å². The summed E-state index contributed by atoms with van der Waals surface area (Å²) in [5.74, 6) is -3.06. The van der Waals surface area contributed by atoms with E-state index in [-0.39, 0.29) is 5.02 Å². The molecule has 0 radical (unpaired) electrons. The number of phenolic OH excluding ortho intramolecular Hbond substituents is 1. The number of hydrogen-bond acceptors (Lipinski definition) is 3. The van der Waals surface area contributed by atoms with E-state index in [0.717, 1.165) is 12.1 Å². The minimum Gasteiger partial charge on any atom is -0.506 e. The second kappa shape index (κ2) is 4.57. The molecule has 9 heteroatoms. The van der Waals surface area contributed by atoms with Crippen LogP contribution in [-0.2, 0) is 6.18 Å². The highest BCUT2D eigenvalue weighted by Gasteiger charge is 2.40. The average Bonchev–Trinajstić information content (AvgIpc) is 2.65. The number of phenols is 1. The Labute approximate surface area is 113 Å². The van der Waals surface area contributed by atoms with Crippen molar-refractivity contribution in [2.75, 3.05) is 0 Å². The van der Waals surface area contributed by atoms with E-state index in [4.69, 9.17) is 23.2 Å². The van der Waals surface area contributed by atoms with Crippen molar-refractivity contribution < 1.29 is 27.2 Å².